The Morgan fingerprint density at radius 1 is 1.00 bits per heavy atom. The summed E-state index contributed by atoms with van der Waals surface area (Å²) in [6.45, 7) is 4.38. The van der Waals surface area contributed by atoms with Crippen molar-refractivity contribution in [3.8, 4) is 0 Å². The normalized spacial score (nSPS) is 12.7. The molecule has 2 aromatic carbocycles. The Hall–Kier alpha value is -1.02. The molecule has 3 heteroatoms. The third-order valence-electron chi connectivity index (χ3n) is 3.20. The molecule has 20 heavy (non-hydrogen) atoms. The molecule has 0 fully saturated rings. The van der Waals surface area contributed by atoms with E-state index in [2.05, 4.69) is 26.0 Å². The summed E-state index contributed by atoms with van der Waals surface area (Å²) in [4.78, 5) is 0. The summed E-state index contributed by atoms with van der Waals surface area (Å²) in [7, 11) is 0. The molecule has 0 aliphatic carbocycles. The molecule has 1 N–H and O–H groups in total. The van der Waals surface area contributed by atoms with Gasteiger partial charge in [0.15, 0.2) is 0 Å². The number of hydrogen-bond donors (Lipinski definition) is 1. The van der Waals surface area contributed by atoms with Gasteiger partial charge in [-0.1, -0.05) is 67.4 Å². The van der Waals surface area contributed by atoms with Gasteiger partial charge in [-0.25, -0.2) is 0 Å². The average Bonchev–Trinajstić information content (AvgIpc) is 2.38. The smallest absolute Gasteiger partial charge is 0.105 e. The topological polar surface area (TPSA) is 20.2 Å². The molecule has 0 bridgehead atoms. The Morgan fingerprint density at radius 3 is 2.20 bits per heavy atom. The van der Waals surface area contributed by atoms with Crippen LogP contribution in [0.4, 0.5) is 0 Å². The summed E-state index contributed by atoms with van der Waals surface area (Å²) >= 11 is 12.0. The van der Waals surface area contributed by atoms with E-state index in [9.17, 15) is 5.11 Å². The van der Waals surface area contributed by atoms with Crippen LogP contribution in [0.2, 0.25) is 10.0 Å². The van der Waals surface area contributed by atoms with Crippen molar-refractivity contribution in [3.63, 3.8) is 0 Å². The molecule has 1 unspecified atom stereocenters. The summed E-state index contributed by atoms with van der Waals surface area (Å²) in [5, 5.41) is 11.5. The highest BCUT2D eigenvalue weighted by Crippen LogP contribution is 2.30. The fourth-order valence-corrected chi connectivity index (χ4v) is 2.72. The van der Waals surface area contributed by atoms with Crippen LogP contribution in [-0.4, -0.2) is 5.11 Å². The van der Waals surface area contributed by atoms with Crippen molar-refractivity contribution in [2.45, 2.75) is 26.4 Å². The molecule has 0 heterocycles. The number of hydrogen-bond acceptors (Lipinski definition) is 1. The maximum absolute atomic E-state index is 10.4. The van der Waals surface area contributed by atoms with Gasteiger partial charge in [0.1, 0.15) is 6.10 Å². The second-order valence-electron chi connectivity index (χ2n) is 5.41. The molecule has 0 spiro atoms. The standard InChI is InChI=1S/C17H18Cl2O/c1-11(2)9-12-3-5-13(6-4-12)17(20)15-8-7-14(18)10-16(15)19/h3-8,10-11,17,20H,9H2,1-2H3. The van der Waals surface area contributed by atoms with Gasteiger partial charge >= 0.3 is 0 Å². The maximum Gasteiger partial charge on any atom is 0.105 e. The van der Waals surface area contributed by atoms with Crippen LogP contribution in [0, 0.1) is 5.92 Å². The van der Waals surface area contributed by atoms with Crippen LogP contribution in [0.5, 0.6) is 0 Å². The fourth-order valence-electron chi connectivity index (χ4n) is 2.21. The second kappa shape index (κ2) is 6.62. The van der Waals surface area contributed by atoms with E-state index in [4.69, 9.17) is 23.2 Å². The zero-order chi connectivity index (χ0) is 14.7. The molecular formula is C17H18Cl2O. The first-order chi connectivity index (χ1) is 9.47. The summed E-state index contributed by atoms with van der Waals surface area (Å²) in [5.41, 5.74) is 2.78. The molecule has 2 rings (SSSR count). The number of aliphatic hydroxyl groups excluding tert-OH is 1. The molecule has 0 aromatic heterocycles. The lowest BCUT2D eigenvalue weighted by atomic mass is 9.97. The maximum atomic E-state index is 10.4. The van der Waals surface area contributed by atoms with Gasteiger partial charge in [0, 0.05) is 15.6 Å². The van der Waals surface area contributed by atoms with Gasteiger partial charge in [-0.2, -0.15) is 0 Å². The first-order valence-corrected chi connectivity index (χ1v) is 7.45. The van der Waals surface area contributed by atoms with Crippen LogP contribution in [0.15, 0.2) is 42.5 Å². The zero-order valence-corrected chi connectivity index (χ0v) is 13.1. The van der Waals surface area contributed by atoms with Gasteiger partial charge in [0.2, 0.25) is 0 Å². The van der Waals surface area contributed by atoms with Crippen molar-refractivity contribution >= 4 is 23.2 Å². The Morgan fingerprint density at radius 2 is 1.65 bits per heavy atom. The van der Waals surface area contributed by atoms with E-state index >= 15 is 0 Å². The minimum atomic E-state index is -0.729. The van der Waals surface area contributed by atoms with Crippen molar-refractivity contribution in [1.82, 2.24) is 0 Å². The van der Waals surface area contributed by atoms with E-state index in [1.165, 1.54) is 5.56 Å². The van der Waals surface area contributed by atoms with Gasteiger partial charge in [-0.05, 0) is 35.6 Å². The largest absolute Gasteiger partial charge is 0.384 e. The molecule has 0 amide bonds. The fraction of sp³-hybridized carbons (Fsp3) is 0.294. The van der Waals surface area contributed by atoms with Crippen molar-refractivity contribution in [2.75, 3.05) is 0 Å². The molecule has 1 nitrogen and oxygen atoms in total. The van der Waals surface area contributed by atoms with Crippen LogP contribution in [0.3, 0.4) is 0 Å². The zero-order valence-electron chi connectivity index (χ0n) is 11.6. The van der Waals surface area contributed by atoms with Gasteiger partial charge in [-0.3, -0.25) is 0 Å². The van der Waals surface area contributed by atoms with Gasteiger partial charge in [0.25, 0.3) is 0 Å². The molecule has 2 aromatic rings. The molecule has 0 saturated heterocycles. The van der Waals surface area contributed by atoms with Crippen LogP contribution in [0.1, 0.15) is 36.6 Å². The third kappa shape index (κ3) is 3.76. The predicted octanol–water partition coefficient (Wildman–Crippen LogP) is 5.27. The summed E-state index contributed by atoms with van der Waals surface area (Å²) < 4.78 is 0. The molecule has 0 saturated carbocycles. The van der Waals surface area contributed by atoms with Crippen molar-refractivity contribution < 1.29 is 5.11 Å². The van der Waals surface area contributed by atoms with Crippen LogP contribution in [-0.2, 0) is 6.42 Å². The average molecular weight is 309 g/mol. The van der Waals surface area contributed by atoms with Crippen LogP contribution < -0.4 is 0 Å². The third-order valence-corrected chi connectivity index (χ3v) is 3.76. The first kappa shape index (κ1) is 15.4. The summed E-state index contributed by atoms with van der Waals surface area (Å²) in [6.07, 6.45) is 0.311. The lowest BCUT2D eigenvalue weighted by molar-refractivity contribution is 0.220. The first-order valence-electron chi connectivity index (χ1n) is 6.69. The highest BCUT2D eigenvalue weighted by atomic mass is 35.5. The summed E-state index contributed by atoms with van der Waals surface area (Å²) in [5.74, 6) is 0.622. The van der Waals surface area contributed by atoms with E-state index in [-0.39, 0.29) is 0 Å². The van der Waals surface area contributed by atoms with Crippen molar-refractivity contribution in [2.24, 2.45) is 5.92 Å². The molecule has 0 radical (unpaired) electrons. The number of halogens is 2. The SMILES string of the molecule is CC(C)Cc1ccc(C(O)c2ccc(Cl)cc2Cl)cc1. The monoisotopic (exact) mass is 308 g/mol. The highest BCUT2D eigenvalue weighted by Gasteiger charge is 2.14. The molecule has 106 valence electrons. The summed E-state index contributed by atoms with van der Waals surface area (Å²) in [6, 6.07) is 13.2. The van der Waals surface area contributed by atoms with E-state index in [0.717, 1.165) is 12.0 Å². The van der Waals surface area contributed by atoms with Gasteiger partial charge in [-0.15, -0.1) is 0 Å². The Kier molecular flexibility index (Phi) is 5.09. The van der Waals surface area contributed by atoms with Crippen molar-refractivity contribution in [3.05, 3.63) is 69.2 Å². The minimum absolute atomic E-state index is 0.483. The molecule has 0 aliphatic rings. The predicted molar refractivity (Wildman–Crippen MR) is 85.5 cm³/mol. The van der Waals surface area contributed by atoms with Gasteiger partial charge in [0.05, 0.1) is 0 Å². The second-order valence-corrected chi connectivity index (χ2v) is 6.25. The molecular weight excluding hydrogens is 291 g/mol. The Labute approximate surface area is 130 Å². The van der Waals surface area contributed by atoms with Gasteiger partial charge < -0.3 is 5.11 Å². The highest BCUT2D eigenvalue weighted by molar-refractivity contribution is 6.35. The molecule has 0 aliphatic heterocycles. The van der Waals surface area contributed by atoms with E-state index in [1.807, 2.05) is 12.1 Å². The van der Waals surface area contributed by atoms with Crippen molar-refractivity contribution in [1.29, 1.82) is 0 Å². The van der Waals surface area contributed by atoms with Crippen LogP contribution >= 0.6 is 23.2 Å². The lowest BCUT2D eigenvalue weighted by Crippen LogP contribution is -2.01. The molecule has 1 atom stereocenters. The Balaban J connectivity index is 2.22. The van der Waals surface area contributed by atoms with E-state index < -0.39 is 6.10 Å². The van der Waals surface area contributed by atoms with Crippen LogP contribution in [0.25, 0.3) is 0 Å². The number of benzene rings is 2. The number of rotatable bonds is 4. The number of aliphatic hydroxyl groups is 1. The minimum Gasteiger partial charge on any atom is -0.384 e. The quantitative estimate of drug-likeness (QED) is 0.815. The Bertz CT molecular complexity index is 576. The van der Waals surface area contributed by atoms with E-state index in [0.29, 0.717) is 21.5 Å². The lowest BCUT2D eigenvalue weighted by Gasteiger charge is -2.14. The van der Waals surface area contributed by atoms with E-state index in [1.54, 1.807) is 18.2 Å².